The molecular weight excluding hydrogens is 478 g/mol. The number of amides is 2. The molecule has 1 saturated carbocycles. The highest BCUT2D eigenvalue weighted by atomic mass is 16.5. The van der Waals surface area contributed by atoms with E-state index in [2.05, 4.69) is 42.6 Å². The fraction of sp³-hybridized carbons (Fsp3) is 0.452. The number of carbonyl (C=O) groups is 2. The van der Waals surface area contributed by atoms with Crippen LogP contribution in [-0.2, 0) is 9.53 Å². The fourth-order valence-corrected chi connectivity index (χ4v) is 6.42. The normalized spacial score (nSPS) is 26.9. The van der Waals surface area contributed by atoms with Crippen LogP contribution in [0.5, 0.6) is 0 Å². The summed E-state index contributed by atoms with van der Waals surface area (Å²) >= 11 is 0. The van der Waals surface area contributed by atoms with E-state index in [1.807, 2.05) is 0 Å². The van der Waals surface area contributed by atoms with Crippen molar-refractivity contribution in [2.24, 2.45) is 23.7 Å². The van der Waals surface area contributed by atoms with E-state index in [0.717, 1.165) is 50.0 Å². The van der Waals surface area contributed by atoms with Crippen molar-refractivity contribution in [3.05, 3.63) is 76.7 Å². The van der Waals surface area contributed by atoms with Crippen LogP contribution in [0.4, 0.5) is 10.5 Å². The van der Waals surface area contributed by atoms with Crippen LogP contribution in [0.3, 0.4) is 0 Å². The zero-order chi connectivity index (χ0) is 26.6. The summed E-state index contributed by atoms with van der Waals surface area (Å²) in [6.45, 7) is 3.18. The highest BCUT2D eigenvalue weighted by Crippen LogP contribution is 2.43. The van der Waals surface area contributed by atoms with Gasteiger partial charge in [0.1, 0.15) is 18.4 Å². The summed E-state index contributed by atoms with van der Waals surface area (Å²) in [4.78, 5) is 25.9. The fourth-order valence-electron chi connectivity index (χ4n) is 6.42. The molecule has 2 N–H and O–H groups in total. The second-order valence-electron chi connectivity index (χ2n) is 10.9. The van der Waals surface area contributed by atoms with Gasteiger partial charge >= 0.3 is 12.0 Å². The minimum Gasteiger partial charge on any atom is -0.490 e. The minimum absolute atomic E-state index is 0.239. The molecule has 38 heavy (non-hydrogen) atoms. The number of carboxylic acid groups (broad SMARTS) is 1. The SMILES string of the molecule is CC1CC(C2C=C3OCCN(C(=O)Nc4ccccc4C#N)C3=CC2)=CC=C1C1CCC(CC(=O)O)CC1. The van der Waals surface area contributed by atoms with Crippen LogP contribution < -0.4 is 5.32 Å². The molecule has 0 radical (unpaired) electrons. The molecule has 1 saturated heterocycles. The number of rotatable bonds is 5. The van der Waals surface area contributed by atoms with Crippen LogP contribution in [-0.4, -0.2) is 35.2 Å². The van der Waals surface area contributed by atoms with Gasteiger partial charge in [-0.25, -0.2) is 4.79 Å². The number of hydrogen-bond acceptors (Lipinski definition) is 4. The van der Waals surface area contributed by atoms with Crippen molar-refractivity contribution in [2.75, 3.05) is 18.5 Å². The van der Waals surface area contributed by atoms with Crippen molar-refractivity contribution < 1.29 is 19.4 Å². The average Bonchev–Trinajstić information content (AvgIpc) is 2.93. The number of para-hydroxylation sites is 1. The lowest BCUT2D eigenvalue weighted by Gasteiger charge is -2.37. The van der Waals surface area contributed by atoms with Crippen molar-refractivity contribution in [3.63, 3.8) is 0 Å². The molecule has 2 unspecified atom stereocenters. The molecular formula is C31H35N3O4. The molecule has 1 aromatic rings. The van der Waals surface area contributed by atoms with Gasteiger partial charge in [-0.15, -0.1) is 0 Å². The Morgan fingerprint density at radius 2 is 1.97 bits per heavy atom. The Balaban J connectivity index is 1.24. The predicted octanol–water partition coefficient (Wildman–Crippen LogP) is 6.38. The standard InChI is InChI=1S/C31H35N3O4/c1-20-16-23(10-12-26(20)22-8-6-21(7-9-22)17-30(35)36)24-11-13-28-29(18-24)38-15-14-34(28)31(37)33-27-5-3-2-4-25(27)19-32/h2-5,10,12-13,18,20-22,24H,6-9,11,14-17H2,1H3,(H,33,37)(H,35,36). The Morgan fingerprint density at radius 3 is 2.71 bits per heavy atom. The number of aliphatic carboxylic acids is 1. The summed E-state index contributed by atoms with van der Waals surface area (Å²) in [7, 11) is 0. The van der Waals surface area contributed by atoms with Crippen molar-refractivity contribution in [1.29, 1.82) is 5.26 Å². The summed E-state index contributed by atoms with van der Waals surface area (Å²) in [5, 5.41) is 21.3. The molecule has 0 bridgehead atoms. The van der Waals surface area contributed by atoms with E-state index >= 15 is 0 Å². The van der Waals surface area contributed by atoms with Crippen LogP contribution in [0, 0.1) is 35.0 Å². The Hall–Kier alpha value is -3.79. The average molecular weight is 514 g/mol. The first-order valence-electron chi connectivity index (χ1n) is 13.7. The third-order valence-electron chi connectivity index (χ3n) is 8.43. The lowest BCUT2D eigenvalue weighted by atomic mass is 9.71. The summed E-state index contributed by atoms with van der Waals surface area (Å²) in [5.41, 5.74) is 4.62. The van der Waals surface area contributed by atoms with Gasteiger partial charge in [-0.2, -0.15) is 5.26 Å². The van der Waals surface area contributed by atoms with Gasteiger partial charge in [0.05, 0.1) is 23.5 Å². The van der Waals surface area contributed by atoms with Crippen LogP contribution in [0.15, 0.2) is 71.2 Å². The lowest BCUT2D eigenvalue weighted by Crippen LogP contribution is -2.41. The molecule has 1 heterocycles. The molecule has 4 aliphatic rings. The molecule has 2 atom stereocenters. The third kappa shape index (κ3) is 5.55. The highest BCUT2D eigenvalue weighted by Gasteiger charge is 2.33. The number of hydrogen-bond donors (Lipinski definition) is 2. The number of carbonyl (C=O) groups excluding carboxylic acids is 1. The number of nitriles is 1. The number of anilines is 1. The molecule has 7 heteroatoms. The van der Waals surface area contributed by atoms with Gasteiger partial charge in [-0.05, 0) is 74.5 Å². The first-order valence-corrected chi connectivity index (χ1v) is 13.7. The maximum absolute atomic E-state index is 13.1. The molecule has 2 amide bonds. The minimum atomic E-state index is -0.680. The molecule has 3 aliphatic carbocycles. The van der Waals surface area contributed by atoms with Crippen molar-refractivity contribution in [2.45, 2.75) is 51.9 Å². The summed E-state index contributed by atoms with van der Waals surface area (Å²) in [6, 6.07) is 8.86. The molecule has 198 valence electrons. The van der Waals surface area contributed by atoms with Crippen LogP contribution in [0.25, 0.3) is 0 Å². The second-order valence-corrected chi connectivity index (χ2v) is 10.9. The molecule has 0 aromatic heterocycles. The smallest absolute Gasteiger partial charge is 0.326 e. The Morgan fingerprint density at radius 1 is 1.18 bits per heavy atom. The van der Waals surface area contributed by atoms with Gasteiger partial charge in [-0.1, -0.05) is 48.4 Å². The van der Waals surface area contributed by atoms with Gasteiger partial charge in [0.15, 0.2) is 0 Å². The van der Waals surface area contributed by atoms with Crippen LogP contribution in [0.1, 0.15) is 57.4 Å². The van der Waals surface area contributed by atoms with E-state index in [0.29, 0.717) is 48.6 Å². The number of fused-ring (bicyclic) bond motifs is 1. The summed E-state index contributed by atoms with van der Waals surface area (Å²) < 4.78 is 5.99. The maximum atomic E-state index is 13.1. The third-order valence-corrected chi connectivity index (χ3v) is 8.43. The molecule has 1 aromatic carbocycles. The molecule has 2 fully saturated rings. The number of nitrogens with one attached hydrogen (secondary N) is 1. The summed E-state index contributed by atoms with van der Waals surface area (Å²) in [6.07, 6.45) is 15.1. The number of morpholine rings is 1. The number of ether oxygens (including phenoxy) is 1. The topological polar surface area (TPSA) is 103 Å². The van der Waals surface area contributed by atoms with E-state index < -0.39 is 5.97 Å². The van der Waals surface area contributed by atoms with E-state index in [-0.39, 0.29) is 11.9 Å². The van der Waals surface area contributed by atoms with Crippen LogP contribution >= 0.6 is 0 Å². The zero-order valence-electron chi connectivity index (χ0n) is 21.9. The molecule has 0 spiro atoms. The number of allylic oxidation sites excluding steroid dienone is 6. The van der Waals surface area contributed by atoms with E-state index in [9.17, 15) is 14.9 Å². The van der Waals surface area contributed by atoms with E-state index in [4.69, 9.17) is 9.84 Å². The van der Waals surface area contributed by atoms with Gasteiger partial charge in [0.25, 0.3) is 0 Å². The van der Waals surface area contributed by atoms with E-state index in [1.54, 1.807) is 29.2 Å². The van der Waals surface area contributed by atoms with Crippen molar-refractivity contribution in [1.82, 2.24) is 4.90 Å². The summed E-state index contributed by atoms with van der Waals surface area (Å²) in [5.74, 6) is 1.65. The Bertz CT molecular complexity index is 1260. The maximum Gasteiger partial charge on any atom is 0.326 e. The van der Waals surface area contributed by atoms with Gasteiger partial charge in [-0.3, -0.25) is 9.69 Å². The van der Waals surface area contributed by atoms with Crippen molar-refractivity contribution >= 4 is 17.7 Å². The lowest BCUT2D eigenvalue weighted by molar-refractivity contribution is -0.138. The molecule has 1 aliphatic heterocycles. The Kier molecular flexibility index (Phi) is 7.69. The first kappa shape index (κ1) is 25.8. The van der Waals surface area contributed by atoms with Crippen LogP contribution in [0.2, 0.25) is 0 Å². The first-order chi connectivity index (χ1) is 18.4. The number of benzene rings is 1. The van der Waals surface area contributed by atoms with Gasteiger partial charge < -0.3 is 15.2 Å². The highest BCUT2D eigenvalue weighted by molar-refractivity contribution is 5.92. The second kappa shape index (κ2) is 11.3. The molecule has 5 rings (SSSR count). The monoisotopic (exact) mass is 513 g/mol. The number of carboxylic acids is 1. The number of nitrogens with zero attached hydrogens (tertiary/aromatic N) is 2. The van der Waals surface area contributed by atoms with Gasteiger partial charge in [0.2, 0.25) is 0 Å². The zero-order valence-corrected chi connectivity index (χ0v) is 21.9. The number of urea groups is 1. The van der Waals surface area contributed by atoms with E-state index in [1.165, 1.54) is 11.1 Å². The predicted molar refractivity (Wildman–Crippen MR) is 145 cm³/mol. The quantitative estimate of drug-likeness (QED) is 0.475. The largest absolute Gasteiger partial charge is 0.490 e. The molecule has 7 nitrogen and oxygen atoms in total. The van der Waals surface area contributed by atoms with Gasteiger partial charge in [0, 0.05) is 12.3 Å². The van der Waals surface area contributed by atoms with Crippen molar-refractivity contribution in [3.8, 4) is 6.07 Å². The Labute approximate surface area is 224 Å².